The molecule has 2 amide bonds. The summed E-state index contributed by atoms with van der Waals surface area (Å²) in [5, 5.41) is 4.12. The van der Waals surface area contributed by atoms with Gasteiger partial charge >= 0.3 is 0 Å². The lowest BCUT2D eigenvalue weighted by Crippen LogP contribution is -2.34. The van der Waals surface area contributed by atoms with Gasteiger partial charge in [0.1, 0.15) is 17.4 Å². The Balaban J connectivity index is 1.65. The lowest BCUT2D eigenvalue weighted by molar-refractivity contribution is -0.126. The van der Waals surface area contributed by atoms with Crippen molar-refractivity contribution in [2.45, 2.75) is 6.10 Å². The van der Waals surface area contributed by atoms with E-state index in [1.54, 1.807) is 0 Å². The summed E-state index contributed by atoms with van der Waals surface area (Å²) >= 11 is 5.81. The molecule has 2 atom stereocenters. The fourth-order valence-corrected chi connectivity index (χ4v) is 3.09. The Morgan fingerprint density at radius 1 is 1.04 bits per heavy atom. The number of imide groups is 1. The molecule has 2 unspecified atom stereocenters. The van der Waals surface area contributed by atoms with E-state index in [0.29, 0.717) is 5.02 Å². The van der Waals surface area contributed by atoms with Crippen LogP contribution >= 0.6 is 11.6 Å². The van der Waals surface area contributed by atoms with E-state index in [1.807, 2.05) is 0 Å². The van der Waals surface area contributed by atoms with Crippen molar-refractivity contribution in [2.24, 2.45) is 11.1 Å². The van der Waals surface area contributed by atoms with Gasteiger partial charge in [0.2, 0.25) is 17.8 Å². The van der Waals surface area contributed by atoms with Gasteiger partial charge in [-0.3, -0.25) is 14.4 Å². The fourth-order valence-electron chi connectivity index (χ4n) is 2.96. The number of Topliss-reactive ketones (excluding diaryl/α,β-unsaturated/α-hetero) is 1. The molecule has 1 fully saturated rings. The van der Waals surface area contributed by atoms with Gasteiger partial charge in [0, 0.05) is 10.6 Å². The van der Waals surface area contributed by atoms with Crippen LogP contribution in [0, 0.1) is 11.7 Å². The molecule has 0 radical (unpaired) electrons. The van der Waals surface area contributed by atoms with E-state index in [0.717, 1.165) is 17.0 Å². The molecule has 0 aromatic heterocycles. The molecule has 2 aromatic carbocycles. The molecular formula is C18H10ClFN2O4. The summed E-state index contributed by atoms with van der Waals surface area (Å²) in [6.45, 7) is 0. The number of nitrogens with zero attached hydrogens (tertiary/aromatic N) is 2. The first-order valence-electron chi connectivity index (χ1n) is 7.65. The molecular weight excluding hydrogens is 363 g/mol. The van der Waals surface area contributed by atoms with E-state index in [4.69, 9.17) is 16.4 Å². The van der Waals surface area contributed by atoms with Crippen molar-refractivity contribution in [3.05, 3.63) is 64.9 Å². The Morgan fingerprint density at radius 2 is 1.69 bits per heavy atom. The minimum Gasteiger partial charge on any atom is -0.381 e. The minimum absolute atomic E-state index is 0.139. The maximum Gasteiger partial charge on any atom is 0.278 e. The average Bonchev–Trinajstić information content (AvgIpc) is 3.17. The molecule has 0 spiro atoms. The van der Waals surface area contributed by atoms with Crippen LogP contribution in [0.3, 0.4) is 0 Å². The fraction of sp³-hybridized carbons (Fsp3) is 0.111. The standard InChI is InChI=1S/C18H10ClFN2O4/c19-10-3-1-9(2-4-10)15(23)14-13-16(26-21-14)18(25)22(17(13)24)12-7-5-11(20)6-8-12/h1-8,13,16H. The van der Waals surface area contributed by atoms with Gasteiger partial charge in [-0.2, -0.15) is 0 Å². The number of halogens is 2. The molecule has 2 heterocycles. The van der Waals surface area contributed by atoms with Crippen LogP contribution in [0.25, 0.3) is 0 Å². The summed E-state index contributed by atoms with van der Waals surface area (Å²) in [6, 6.07) is 11.0. The molecule has 0 N–H and O–H groups in total. The number of oxime groups is 1. The van der Waals surface area contributed by atoms with E-state index < -0.39 is 35.4 Å². The minimum atomic E-state index is -1.20. The normalized spacial score (nSPS) is 21.5. The predicted molar refractivity (Wildman–Crippen MR) is 90.5 cm³/mol. The number of rotatable bonds is 3. The van der Waals surface area contributed by atoms with Gasteiger partial charge in [-0.1, -0.05) is 16.8 Å². The van der Waals surface area contributed by atoms with Crippen LogP contribution in [0.15, 0.2) is 53.7 Å². The van der Waals surface area contributed by atoms with Crippen molar-refractivity contribution in [3.8, 4) is 0 Å². The van der Waals surface area contributed by atoms with E-state index in [1.165, 1.54) is 36.4 Å². The smallest absolute Gasteiger partial charge is 0.278 e. The number of carbonyl (C=O) groups excluding carboxylic acids is 3. The highest BCUT2D eigenvalue weighted by atomic mass is 35.5. The second kappa shape index (κ2) is 6.03. The van der Waals surface area contributed by atoms with Crippen LogP contribution in [-0.4, -0.2) is 29.4 Å². The van der Waals surface area contributed by atoms with Gasteiger partial charge in [0.25, 0.3) is 5.91 Å². The van der Waals surface area contributed by atoms with Gasteiger partial charge in [0.15, 0.2) is 0 Å². The molecule has 0 saturated carbocycles. The Bertz CT molecular complexity index is 956. The Labute approximate surface area is 151 Å². The highest BCUT2D eigenvalue weighted by Gasteiger charge is 2.57. The van der Waals surface area contributed by atoms with Crippen molar-refractivity contribution >= 4 is 40.6 Å². The summed E-state index contributed by atoms with van der Waals surface area (Å²) in [5.41, 5.74) is 0.343. The largest absolute Gasteiger partial charge is 0.381 e. The number of ketones is 1. The van der Waals surface area contributed by atoms with Gasteiger partial charge in [-0.05, 0) is 48.5 Å². The van der Waals surface area contributed by atoms with Crippen molar-refractivity contribution in [2.75, 3.05) is 4.90 Å². The van der Waals surface area contributed by atoms with Gasteiger partial charge in [-0.15, -0.1) is 0 Å². The summed E-state index contributed by atoms with van der Waals surface area (Å²) < 4.78 is 13.1. The number of benzene rings is 2. The van der Waals surface area contributed by atoms with Crippen LogP contribution < -0.4 is 4.90 Å². The first kappa shape index (κ1) is 16.4. The molecule has 0 bridgehead atoms. The van der Waals surface area contributed by atoms with E-state index in [2.05, 4.69) is 5.16 Å². The third kappa shape index (κ3) is 2.48. The van der Waals surface area contributed by atoms with Crippen LogP contribution in [-0.2, 0) is 14.4 Å². The zero-order chi connectivity index (χ0) is 18.4. The van der Waals surface area contributed by atoms with Crippen molar-refractivity contribution < 1.29 is 23.6 Å². The number of hydrogen-bond donors (Lipinski definition) is 0. The lowest BCUT2D eigenvalue weighted by atomic mass is 9.93. The zero-order valence-electron chi connectivity index (χ0n) is 13.1. The Morgan fingerprint density at radius 3 is 2.35 bits per heavy atom. The molecule has 2 aliphatic rings. The average molecular weight is 373 g/mol. The summed E-state index contributed by atoms with van der Waals surface area (Å²) in [7, 11) is 0. The molecule has 2 aliphatic heterocycles. The highest BCUT2D eigenvalue weighted by Crippen LogP contribution is 2.34. The topological polar surface area (TPSA) is 76.0 Å². The van der Waals surface area contributed by atoms with Gasteiger partial charge < -0.3 is 4.84 Å². The monoisotopic (exact) mass is 372 g/mol. The Hall–Kier alpha value is -3.06. The number of fused-ring (bicyclic) bond motifs is 1. The predicted octanol–water partition coefficient (Wildman–Crippen LogP) is 2.61. The van der Waals surface area contributed by atoms with Crippen LogP contribution in [0.4, 0.5) is 10.1 Å². The molecule has 8 heteroatoms. The highest BCUT2D eigenvalue weighted by molar-refractivity contribution is 6.52. The van der Waals surface area contributed by atoms with Crippen LogP contribution in [0.5, 0.6) is 0 Å². The van der Waals surface area contributed by atoms with Gasteiger partial charge in [0.05, 0.1) is 5.69 Å². The van der Waals surface area contributed by atoms with Crippen LogP contribution in [0.1, 0.15) is 10.4 Å². The SMILES string of the molecule is O=C(C1=NOC2C(=O)N(c3ccc(F)cc3)C(=O)C12)c1ccc(Cl)cc1. The molecule has 130 valence electrons. The van der Waals surface area contributed by atoms with Crippen LogP contribution in [0.2, 0.25) is 5.02 Å². The maximum atomic E-state index is 13.1. The van der Waals surface area contributed by atoms with E-state index >= 15 is 0 Å². The number of amides is 2. The summed E-state index contributed by atoms with van der Waals surface area (Å²) in [4.78, 5) is 43.9. The first-order chi connectivity index (χ1) is 12.5. The lowest BCUT2D eigenvalue weighted by Gasteiger charge is -2.15. The number of carbonyl (C=O) groups is 3. The molecule has 4 rings (SSSR count). The van der Waals surface area contributed by atoms with Gasteiger partial charge in [-0.25, -0.2) is 9.29 Å². The molecule has 1 saturated heterocycles. The number of anilines is 1. The summed E-state index contributed by atoms with van der Waals surface area (Å²) in [5.74, 6) is -3.42. The zero-order valence-corrected chi connectivity index (χ0v) is 13.8. The second-order valence-corrected chi connectivity index (χ2v) is 6.24. The third-order valence-corrected chi connectivity index (χ3v) is 4.49. The van der Waals surface area contributed by atoms with Crippen molar-refractivity contribution in [3.63, 3.8) is 0 Å². The third-order valence-electron chi connectivity index (χ3n) is 4.24. The molecule has 0 aliphatic carbocycles. The van der Waals surface area contributed by atoms with Crippen molar-refractivity contribution in [1.82, 2.24) is 0 Å². The summed E-state index contributed by atoms with van der Waals surface area (Å²) in [6.07, 6.45) is -1.20. The molecule has 26 heavy (non-hydrogen) atoms. The molecule has 6 nitrogen and oxygen atoms in total. The number of hydrogen-bond acceptors (Lipinski definition) is 5. The van der Waals surface area contributed by atoms with E-state index in [-0.39, 0.29) is 17.0 Å². The van der Waals surface area contributed by atoms with E-state index in [9.17, 15) is 18.8 Å². The van der Waals surface area contributed by atoms with Crippen molar-refractivity contribution in [1.29, 1.82) is 0 Å². The Kier molecular flexibility index (Phi) is 3.81. The first-order valence-corrected chi connectivity index (χ1v) is 8.02. The maximum absolute atomic E-state index is 13.1. The second-order valence-electron chi connectivity index (χ2n) is 5.80. The quantitative estimate of drug-likeness (QED) is 0.613. The molecule has 2 aromatic rings.